The van der Waals surface area contributed by atoms with E-state index >= 15 is 0 Å². The van der Waals surface area contributed by atoms with Gasteiger partial charge in [-0.15, -0.1) is 11.3 Å². The van der Waals surface area contributed by atoms with Crippen molar-refractivity contribution in [3.63, 3.8) is 0 Å². The fraction of sp³-hybridized carbons (Fsp3) is 0.267. The number of phenolic OH excluding ortho intramolecular Hbond substituents is 1. The van der Waals surface area contributed by atoms with Gasteiger partial charge in [0.2, 0.25) is 0 Å². The third kappa shape index (κ3) is 2.79. The molecule has 2 aromatic rings. The third-order valence-corrected chi connectivity index (χ3v) is 4.35. The van der Waals surface area contributed by atoms with Crippen molar-refractivity contribution in [2.75, 3.05) is 11.9 Å². The minimum absolute atomic E-state index is 0.0372. The van der Waals surface area contributed by atoms with Gasteiger partial charge in [0.1, 0.15) is 5.75 Å². The molecule has 19 heavy (non-hydrogen) atoms. The van der Waals surface area contributed by atoms with Crippen LogP contribution in [0.3, 0.4) is 0 Å². The average molecular weight is 275 g/mol. The van der Waals surface area contributed by atoms with Crippen LogP contribution >= 0.6 is 11.3 Å². The van der Waals surface area contributed by atoms with Gasteiger partial charge in [-0.3, -0.25) is 4.79 Å². The first-order valence-corrected chi connectivity index (χ1v) is 6.99. The number of hydrogen-bond donors (Lipinski definition) is 1. The summed E-state index contributed by atoms with van der Waals surface area (Å²) in [5.74, 6) is -0.0896. The molecular weight excluding hydrogens is 258 g/mol. The number of anilines is 1. The number of hydrogen-bond acceptors (Lipinski definition) is 4. The van der Waals surface area contributed by atoms with Gasteiger partial charge in [0, 0.05) is 23.7 Å². The summed E-state index contributed by atoms with van der Waals surface area (Å²) in [6, 6.07) is 9.52. The van der Waals surface area contributed by atoms with Crippen molar-refractivity contribution < 1.29 is 9.90 Å². The third-order valence-electron chi connectivity index (χ3n) is 3.30. The molecule has 1 heterocycles. The Hall–Kier alpha value is -1.81. The number of thiophene rings is 1. The second-order valence-corrected chi connectivity index (χ2v) is 5.54. The molecular formula is C15H17NO2S. The van der Waals surface area contributed by atoms with E-state index in [2.05, 4.69) is 23.3 Å². The number of carbonyl (C=O) groups is 1. The molecule has 1 atom stereocenters. The summed E-state index contributed by atoms with van der Waals surface area (Å²) in [4.78, 5) is 14.6. The van der Waals surface area contributed by atoms with E-state index in [4.69, 9.17) is 0 Å². The molecule has 0 aliphatic carbocycles. The van der Waals surface area contributed by atoms with Gasteiger partial charge < -0.3 is 10.0 Å². The maximum atomic E-state index is 11.3. The molecule has 0 spiro atoms. The first kappa shape index (κ1) is 13.6. The van der Waals surface area contributed by atoms with Gasteiger partial charge in [-0.25, -0.2) is 0 Å². The normalized spacial score (nSPS) is 12.2. The van der Waals surface area contributed by atoms with Gasteiger partial charge in [-0.1, -0.05) is 6.07 Å². The van der Waals surface area contributed by atoms with Gasteiger partial charge in [-0.05, 0) is 37.4 Å². The van der Waals surface area contributed by atoms with Crippen molar-refractivity contribution in [2.45, 2.75) is 19.9 Å². The van der Waals surface area contributed by atoms with Crippen LogP contribution < -0.4 is 4.90 Å². The lowest BCUT2D eigenvalue weighted by molar-refractivity contribution is 0.101. The predicted molar refractivity (Wildman–Crippen MR) is 79.2 cm³/mol. The molecule has 0 saturated heterocycles. The molecule has 1 aromatic carbocycles. The highest BCUT2D eigenvalue weighted by Gasteiger charge is 2.15. The zero-order chi connectivity index (χ0) is 14.0. The van der Waals surface area contributed by atoms with E-state index in [1.807, 2.05) is 19.2 Å². The van der Waals surface area contributed by atoms with E-state index in [1.54, 1.807) is 23.5 Å². The van der Waals surface area contributed by atoms with Crippen molar-refractivity contribution in [3.05, 3.63) is 46.2 Å². The molecule has 0 fully saturated rings. The van der Waals surface area contributed by atoms with Crippen LogP contribution in [0.1, 0.15) is 35.1 Å². The topological polar surface area (TPSA) is 40.5 Å². The first-order valence-electron chi connectivity index (χ1n) is 6.11. The van der Waals surface area contributed by atoms with Gasteiger partial charge in [-0.2, -0.15) is 0 Å². The zero-order valence-corrected chi connectivity index (χ0v) is 12.1. The highest BCUT2D eigenvalue weighted by molar-refractivity contribution is 7.10. The highest BCUT2D eigenvalue weighted by Crippen LogP contribution is 2.31. The Morgan fingerprint density at radius 2 is 2.11 bits per heavy atom. The number of aromatic hydroxyl groups is 1. The summed E-state index contributed by atoms with van der Waals surface area (Å²) in [5.41, 5.74) is 1.25. The summed E-state index contributed by atoms with van der Waals surface area (Å²) < 4.78 is 0. The van der Waals surface area contributed by atoms with Crippen molar-refractivity contribution in [3.8, 4) is 5.75 Å². The first-order chi connectivity index (χ1) is 9.00. The minimum atomic E-state index is -0.127. The molecule has 0 radical (unpaired) electrons. The molecule has 1 aromatic heterocycles. The zero-order valence-electron chi connectivity index (χ0n) is 11.3. The fourth-order valence-corrected chi connectivity index (χ4v) is 2.81. The Kier molecular flexibility index (Phi) is 3.90. The smallest absolute Gasteiger partial charge is 0.163 e. The monoisotopic (exact) mass is 275 g/mol. The molecule has 0 saturated carbocycles. The molecule has 2 rings (SSSR count). The highest BCUT2D eigenvalue weighted by atomic mass is 32.1. The van der Waals surface area contributed by atoms with Crippen LogP contribution in [-0.4, -0.2) is 17.9 Å². The van der Waals surface area contributed by atoms with E-state index in [0.29, 0.717) is 5.56 Å². The molecule has 0 aliphatic heterocycles. The van der Waals surface area contributed by atoms with Crippen molar-refractivity contribution in [2.24, 2.45) is 0 Å². The number of benzene rings is 1. The summed E-state index contributed by atoms with van der Waals surface area (Å²) in [6.07, 6.45) is 0. The van der Waals surface area contributed by atoms with E-state index in [-0.39, 0.29) is 17.6 Å². The van der Waals surface area contributed by atoms with Crippen LogP contribution in [0.4, 0.5) is 5.69 Å². The van der Waals surface area contributed by atoms with Crippen LogP contribution in [-0.2, 0) is 0 Å². The van der Waals surface area contributed by atoms with Crippen molar-refractivity contribution in [1.29, 1.82) is 0 Å². The summed E-state index contributed by atoms with van der Waals surface area (Å²) in [7, 11) is 1.98. The lowest BCUT2D eigenvalue weighted by atomic mass is 10.1. The van der Waals surface area contributed by atoms with E-state index < -0.39 is 0 Å². The number of rotatable bonds is 4. The molecule has 1 unspecified atom stereocenters. The van der Waals surface area contributed by atoms with Crippen LogP contribution in [0.15, 0.2) is 35.7 Å². The van der Waals surface area contributed by atoms with Gasteiger partial charge in [0.05, 0.1) is 11.6 Å². The van der Waals surface area contributed by atoms with Gasteiger partial charge >= 0.3 is 0 Å². The molecule has 0 amide bonds. The summed E-state index contributed by atoms with van der Waals surface area (Å²) in [5, 5.41) is 11.9. The average Bonchev–Trinajstić information content (AvgIpc) is 2.90. The van der Waals surface area contributed by atoms with Gasteiger partial charge in [0.15, 0.2) is 5.78 Å². The second-order valence-electron chi connectivity index (χ2n) is 4.56. The SMILES string of the molecule is CC(=O)c1ccc(N(C)C(C)c2cccs2)cc1O. The summed E-state index contributed by atoms with van der Waals surface area (Å²) >= 11 is 1.71. The Balaban J connectivity index is 2.27. The molecule has 3 nitrogen and oxygen atoms in total. The number of nitrogens with zero attached hydrogens (tertiary/aromatic N) is 1. The maximum Gasteiger partial charge on any atom is 0.163 e. The largest absolute Gasteiger partial charge is 0.507 e. The Bertz CT molecular complexity index is 578. The van der Waals surface area contributed by atoms with E-state index in [1.165, 1.54) is 11.8 Å². The van der Waals surface area contributed by atoms with Crippen LogP contribution in [0.5, 0.6) is 5.75 Å². The fourth-order valence-electron chi connectivity index (χ4n) is 1.98. The Morgan fingerprint density at radius 3 is 2.63 bits per heavy atom. The minimum Gasteiger partial charge on any atom is -0.507 e. The van der Waals surface area contributed by atoms with E-state index in [9.17, 15) is 9.90 Å². The van der Waals surface area contributed by atoms with Crippen molar-refractivity contribution >= 4 is 22.8 Å². The maximum absolute atomic E-state index is 11.3. The number of Topliss-reactive ketones (excluding diaryl/α,β-unsaturated/α-hetero) is 1. The second kappa shape index (κ2) is 5.45. The quantitative estimate of drug-likeness (QED) is 0.861. The standard InChI is InChI=1S/C15H17NO2S/c1-10(15-5-4-8-19-15)16(3)12-6-7-13(11(2)17)14(18)9-12/h4-10,18H,1-3H3. The molecule has 0 bridgehead atoms. The Labute approximate surface area is 117 Å². The van der Waals surface area contributed by atoms with Crippen LogP contribution in [0.25, 0.3) is 0 Å². The lowest BCUT2D eigenvalue weighted by Crippen LogP contribution is -2.20. The molecule has 100 valence electrons. The molecule has 1 N–H and O–H groups in total. The number of phenols is 1. The number of ketones is 1. The van der Waals surface area contributed by atoms with Crippen LogP contribution in [0, 0.1) is 0 Å². The van der Waals surface area contributed by atoms with Crippen molar-refractivity contribution in [1.82, 2.24) is 0 Å². The van der Waals surface area contributed by atoms with Crippen LogP contribution in [0.2, 0.25) is 0 Å². The molecule has 0 aliphatic rings. The molecule has 4 heteroatoms. The predicted octanol–water partition coefficient (Wildman–Crippen LogP) is 3.85. The number of carbonyl (C=O) groups excluding carboxylic acids is 1. The van der Waals surface area contributed by atoms with E-state index in [0.717, 1.165) is 5.69 Å². The summed E-state index contributed by atoms with van der Waals surface area (Å²) in [6.45, 7) is 3.56. The lowest BCUT2D eigenvalue weighted by Gasteiger charge is -2.26. The Morgan fingerprint density at radius 1 is 1.37 bits per heavy atom. The van der Waals surface area contributed by atoms with Gasteiger partial charge in [0.25, 0.3) is 0 Å².